The number of ether oxygens (including phenoxy) is 1. The van der Waals surface area contributed by atoms with Crippen LogP contribution in [-0.4, -0.2) is 43.6 Å². The van der Waals surface area contributed by atoms with Crippen LogP contribution in [0.15, 0.2) is 53.7 Å². The lowest BCUT2D eigenvalue weighted by Crippen LogP contribution is -2.38. The van der Waals surface area contributed by atoms with Gasteiger partial charge in [0, 0.05) is 37.8 Å². The number of hydrogen-bond acceptors (Lipinski definition) is 6. The van der Waals surface area contributed by atoms with E-state index in [1.165, 1.54) is 12.1 Å². The summed E-state index contributed by atoms with van der Waals surface area (Å²) in [6.07, 6.45) is 5.61. The van der Waals surface area contributed by atoms with Gasteiger partial charge in [-0.25, -0.2) is 19.3 Å². The van der Waals surface area contributed by atoms with E-state index in [9.17, 15) is 4.39 Å². The van der Waals surface area contributed by atoms with Crippen molar-refractivity contribution in [3.8, 4) is 5.88 Å². The first-order valence-corrected chi connectivity index (χ1v) is 11.0. The molecule has 1 aromatic carbocycles. The van der Waals surface area contributed by atoms with Gasteiger partial charge in [-0.05, 0) is 36.6 Å². The number of aromatic nitrogens is 4. The number of likely N-dealkylation sites (tertiary alicyclic amines) is 1. The Kier molecular flexibility index (Phi) is 5.42. The second kappa shape index (κ2) is 8.49. The Morgan fingerprint density at radius 2 is 1.87 bits per heavy atom. The average Bonchev–Trinajstić information content (AvgIpc) is 3.42. The zero-order valence-electron chi connectivity index (χ0n) is 16.4. The van der Waals surface area contributed by atoms with Crippen molar-refractivity contribution in [1.82, 2.24) is 24.4 Å². The Morgan fingerprint density at radius 1 is 1.03 bits per heavy atom. The van der Waals surface area contributed by atoms with Gasteiger partial charge in [0.1, 0.15) is 23.9 Å². The topological polar surface area (TPSA) is 56.1 Å². The van der Waals surface area contributed by atoms with Crippen LogP contribution in [0.2, 0.25) is 0 Å². The van der Waals surface area contributed by atoms with Gasteiger partial charge in [0.15, 0.2) is 0 Å². The van der Waals surface area contributed by atoms with Crippen molar-refractivity contribution in [3.63, 3.8) is 0 Å². The van der Waals surface area contributed by atoms with Crippen molar-refractivity contribution in [3.05, 3.63) is 70.8 Å². The first kappa shape index (κ1) is 19.1. The third-order valence-electron chi connectivity index (χ3n) is 5.47. The quantitative estimate of drug-likeness (QED) is 0.467. The van der Waals surface area contributed by atoms with Crippen LogP contribution >= 0.6 is 11.3 Å². The molecule has 1 aliphatic rings. The normalized spacial score (nSPS) is 15.6. The third-order valence-corrected chi connectivity index (χ3v) is 6.10. The maximum absolute atomic E-state index is 13.2. The molecule has 30 heavy (non-hydrogen) atoms. The van der Waals surface area contributed by atoms with Crippen molar-refractivity contribution in [2.75, 3.05) is 13.1 Å². The molecule has 0 spiro atoms. The van der Waals surface area contributed by atoms with Gasteiger partial charge in [0.25, 0.3) is 0 Å². The Labute approximate surface area is 178 Å². The van der Waals surface area contributed by atoms with E-state index in [2.05, 4.69) is 25.2 Å². The molecule has 0 amide bonds. The fourth-order valence-electron chi connectivity index (χ4n) is 3.88. The van der Waals surface area contributed by atoms with Crippen LogP contribution in [0.1, 0.15) is 24.1 Å². The molecule has 5 rings (SSSR count). The van der Waals surface area contributed by atoms with Crippen LogP contribution in [0.4, 0.5) is 4.39 Å². The molecule has 0 radical (unpaired) electrons. The molecule has 3 aromatic heterocycles. The summed E-state index contributed by atoms with van der Waals surface area (Å²) < 4.78 is 21.5. The molecule has 0 aliphatic carbocycles. The standard InChI is InChI=1S/C22H22FN5OS/c23-17-3-1-16(2-4-17)11-28-10-7-20-21(28)24-14-25-22(20)29-19-5-8-27(9-6-19)12-18-13-30-15-26-18/h1-4,7,10,13-15,19H,5-6,8-9,11-12H2. The number of halogens is 1. The number of hydrogen-bond donors (Lipinski definition) is 0. The van der Waals surface area contributed by atoms with Crippen LogP contribution in [0.5, 0.6) is 5.88 Å². The van der Waals surface area contributed by atoms with E-state index in [-0.39, 0.29) is 11.9 Å². The van der Waals surface area contributed by atoms with E-state index < -0.39 is 0 Å². The first-order chi connectivity index (χ1) is 14.7. The van der Waals surface area contributed by atoms with Crippen molar-refractivity contribution in [2.45, 2.75) is 32.0 Å². The van der Waals surface area contributed by atoms with Gasteiger partial charge in [-0.15, -0.1) is 11.3 Å². The number of rotatable bonds is 6. The number of fused-ring (bicyclic) bond motifs is 1. The molecule has 0 saturated carbocycles. The molecule has 6 nitrogen and oxygen atoms in total. The van der Waals surface area contributed by atoms with Gasteiger partial charge in [0.05, 0.1) is 16.6 Å². The second-order valence-electron chi connectivity index (χ2n) is 7.56. The molecular formula is C22H22FN5OS. The molecule has 1 fully saturated rings. The SMILES string of the molecule is Fc1ccc(Cn2ccc3c(OC4CCN(Cc5cscn5)CC4)ncnc32)cc1. The molecule has 8 heteroatoms. The van der Waals surface area contributed by atoms with E-state index in [0.717, 1.165) is 54.8 Å². The van der Waals surface area contributed by atoms with Crippen LogP contribution in [0.25, 0.3) is 11.0 Å². The van der Waals surface area contributed by atoms with Crippen molar-refractivity contribution in [2.24, 2.45) is 0 Å². The summed E-state index contributed by atoms with van der Waals surface area (Å²) >= 11 is 1.64. The fraction of sp³-hybridized carbons (Fsp3) is 0.318. The third kappa shape index (κ3) is 4.20. The molecule has 0 bridgehead atoms. The van der Waals surface area contributed by atoms with E-state index >= 15 is 0 Å². The predicted molar refractivity (Wildman–Crippen MR) is 114 cm³/mol. The highest BCUT2D eigenvalue weighted by atomic mass is 32.1. The van der Waals surface area contributed by atoms with Crippen LogP contribution in [-0.2, 0) is 13.1 Å². The van der Waals surface area contributed by atoms with Crippen molar-refractivity contribution >= 4 is 22.4 Å². The number of thiazole rings is 1. The summed E-state index contributed by atoms with van der Waals surface area (Å²) in [7, 11) is 0. The highest BCUT2D eigenvalue weighted by molar-refractivity contribution is 7.07. The molecule has 0 N–H and O–H groups in total. The monoisotopic (exact) mass is 423 g/mol. The highest BCUT2D eigenvalue weighted by Gasteiger charge is 2.22. The average molecular weight is 424 g/mol. The zero-order valence-corrected chi connectivity index (χ0v) is 17.3. The lowest BCUT2D eigenvalue weighted by Gasteiger charge is -2.31. The lowest BCUT2D eigenvalue weighted by molar-refractivity contribution is 0.0939. The summed E-state index contributed by atoms with van der Waals surface area (Å²) in [5.41, 5.74) is 4.86. The Balaban J connectivity index is 1.25. The van der Waals surface area contributed by atoms with Gasteiger partial charge >= 0.3 is 0 Å². The zero-order chi connectivity index (χ0) is 20.3. The van der Waals surface area contributed by atoms with Gasteiger partial charge in [-0.1, -0.05) is 12.1 Å². The van der Waals surface area contributed by atoms with Crippen LogP contribution in [0.3, 0.4) is 0 Å². The van der Waals surface area contributed by atoms with Crippen molar-refractivity contribution < 1.29 is 9.13 Å². The summed E-state index contributed by atoms with van der Waals surface area (Å²) in [4.78, 5) is 15.6. The van der Waals surface area contributed by atoms with Crippen LogP contribution in [0, 0.1) is 5.82 Å². The number of benzene rings is 1. The lowest BCUT2D eigenvalue weighted by atomic mass is 10.1. The number of nitrogens with zero attached hydrogens (tertiary/aromatic N) is 5. The molecule has 1 aliphatic heterocycles. The smallest absolute Gasteiger partial charge is 0.226 e. The molecule has 0 atom stereocenters. The van der Waals surface area contributed by atoms with E-state index in [1.54, 1.807) is 29.8 Å². The van der Waals surface area contributed by atoms with Gasteiger partial charge in [0.2, 0.25) is 5.88 Å². The maximum atomic E-state index is 13.2. The van der Waals surface area contributed by atoms with Gasteiger partial charge in [-0.2, -0.15) is 0 Å². The molecule has 4 heterocycles. The summed E-state index contributed by atoms with van der Waals surface area (Å²) in [5.74, 6) is 0.405. The van der Waals surface area contributed by atoms with Crippen molar-refractivity contribution in [1.29, 1.82) is 0 Å². The molecule has 0 unspecified atom stereocenters. The second-order valence-corrected chi connectivity index (χ2v) is 8.28. The molecule has 4 aromatic rings. The first-order valence-electron chi connectivity index (χ1n) is 10.0. The Bertz CT molecular complexity index is 1100. The minimum absolute atomic E-state index is 0.148. The fourth-order valence-corrected chi connectivity index (χ4v) is 4.43. The molecular weight excluding hydrogens is 401 g/mol. The van der Waals surface area contributed by atoms with E-state index in [4.69, 9.17) is 4.74 Å². The van der Waals surface area contributed by atoms with E-state index in [1.807, 2.05) is 22.3 Å². The molecule has 154 valence electrons. The summed E-state index contributed by atoms with van der Waals surface area (Å²) in [6, 6.07) is 8.53. The van der Waals surface area contributed by atoms with Crippen LogP contribution < -0.4 is 4.74 Å². The number of piperidine rings is 1. The maximum Gasteiger partial charge on any atom is 0.226 e. The minimum atomic E-state index is -0.230. The molecule has 1 saturated heterocycles. The largest absolute Gasteiger partial charge is 0.474 e. The van der Waals surface area contributed by atoms with E-state index in [0.29, 0.717) is 12.4 Å². The predicted octanol–water partition coefficient (Wildman–Crippen LogP) is 4.12. The summed E-state index contributed by atoms with van der Waals surface area (Å²) in [5, 5.41) is 3.01. The van der Waals surface area contributed by atoms with Gasteiger partial charge in [-0.3, -0.25) is 4.90 Å². The summed E-state index contributed by atoms with van der Waals surface area (Å²) in [6.45, 7) is 3.50. The Morgan fingerprint density at radius 3 is 2.63 bits per heavy atom. The highest BCUT2D eigenvalue weighted by Crippen LogP contribution is 2.26. The minimum Gasteiger partial charge on any atom is -0.474 e. The van der Waals surface area contributed by atoms with Gasteiger partial charge < -0.3 is 9.30 Å². The Hall–Kier alpha value is -2.84.